The van der Waals surface area contributed by atoms with E-state index in [0.29, 0.717) is 5.02 Å². The van der Waals surface area contributed by atoms with Crippen molar-refractivity contribution < 1.29 is 27.9 Å². The molecule has 2 aromatic carbocycles. The first-order chi connectivity index (χ1) is 14.6. The minimum absolute atomic E-state index is 0.0296. The smallest absolute Gasteiger partial charge is 0.328 e. The molecule has 11 heteroatoms. The number of ether oxygens (including phenoxy) is 1. The van der Waals surface area contributed by atoms with Crippen molar-refractivity contribution in [2.24, 2.45) is 0 Å². The lowest BCUT2D eigenvalue weighted by Gasteiger charge is -2.11. The number of anilines is 1. The fraction of sp³-hybridized carbons (Fsp3) is 0.150. The molecule has 162 valence electrons. The molecule has 2 N–H and O–H groups in total. The Hall–Kier alpha value is -3.37. The van der Waals surface area contributed by atoms with Crippen molar-refractivity contribution in [3.05, 3.63) is 65.4 Å². The van der Waals surface area contributed by atoms with Crippen LogP contribution < -0.4 is 10.1 Å². The molecule has 0 saturated carbocycles. The predicted molar refractivity (Wildman–Crippen MR) is 112 cm³/mol. The number of carboxylic acid groups (broad SMARTS) is 1. The van der Waals surface area contributed by atoms with Gasteiger partial charge in [-0.05, 0) is 49.4 Å². The zero-order valence-electron chi connectivity index (χ0n) is 16.4. The van der Waals surface area contributed by atoms with E-state index in [-0.39, 0.29) is 26.9 Å². The number of rotatable bonds is 7. The fourth-order valence-corrected chi connectivity index (χ4v) is 4.10. The van der Waals surface area contributed by atoms with Gasteiger partial charge in [-0.25, -0.2) is 13.2 Å². The summed E-state index contributed by atoms with van der Waals surface area (Å²) in [4.78, 5) is 23.6. The number of carbonyl (C=O) groups is 2. The Morgan fingerprint density at radius 1 is 1.13 bits per heavy atom. The Balaban J connectivity index is 1.91. The van der Waals surface area contributed by atoms with Crippen LogP contribution in [0.15, 0.2) is 64.5 Å². The topological polar surface area (TPSA) is 128 Å². The van der Waals surface area contributed by atoms with Crippen molar-refractivity contribution >= 4 is 39.0 Å². The normalized spacial score (nSPS) is 12.2. The lowest BCUT2D eigenvalue weighted by molar-refractivity contribution is -0.140. The van der Waals surface area contributed by atoms with E-state index in [1.165, 1.54) is 68.8 Å². The van der Waals surface area contributed by atoms with Crippen LogP contribution in [0.3, 0.4) is 0 Å². The zero-order valence-corrected chi connectivity index (χ0v) is 18.0. The maximum absolute atomic E-state index is 13.0. The minimum atomic E-state index is -3.90. The number of nitrogens with one attached hydrogen (secondary N) is 1. The van der Waals surface area contributed by atoms with Crippen LogP contribution in [0.25, 0.3) is 0 Å². The van der Waals surface area contributed by atoms with Gasteiger partial charge in [0.05, 0.1) is 16.9 Å². The molecule has 31 heavy (non-hydrogen) atoms. The van der Waals surface area contributed by atoms with Crippen molar-refractivity contribution in [2.45, 2.75) is 22.8 Å². The van der Waals surface area contributed by atoms with Crippen LogP contribution in [0.5, 0.6) is 5.75 Å². The second-order valence-electron chi connectivity index (χ2n) is 6.50. The third kappa shape index (κ3) is 4.86. The lowest BCUT2D eigenvalue weighted by atomic mass is 10.3. The minimum Gasteiger partial charge on any atom is -0.497 e. The van der Waals surface area contributed by atoms with E-state index in [1.54, 1.807) is 0 Å². The number of amides is 1. The summed E-state index contributed by atoms with van der Waals surface area (Å²) in [7, 11) is -2.53. The number of benzene rings is 2. The Morgan fingerprint density at radius 3 is 2.42 bits per heavy atom. The molecular formula is C20H18ClN3O6S. The zero-order chi connectivity index (χ0) is 22.8. The first-order valence-electron chi connectivity index (χ1n) is 8.91. The quantitative estimate of drug-likeness (QED) is 0.550. The van der Waals surface area contributed by atoms with Crippen molar-refractivity contribution in [3.63, 3.8) is 0 Å². The Kier molecular flexibility index (Phi) is 6.32. The van der Waals surface area contributed by atoms with Gasteiger partial charge in [-0.15, -0.1) is 0 Å². The van der Waals surface area contributed by atoms with Crippen molar-refractivity contribution in [1.29, 1.82) is 0 Å². The highest BCUT2D eigenvalue weighted by molar-refractivity contribution is 7.91. The highest BCUT2D eigenvalue weighted by Gasteiger charge is 2.21. The summed E-state index contributed by atoms with van der Waals surface area (Å²) in [5.74, 6) is -1.52. The molecule has 0 fully saturated rings. The summed E-state index contributed by atoms with van der Waals surface area (Å²) in [5, 5.41) is 16.0. The van der Waals surface area contributed by atoms with Crippen LogP contribution in [-0.4, -0.2) is 42.3 Å². The van der Waals surface area contributed by atoms with Crippen LogP contribution in [0, 0.1) is 0 Å². The molecule has 1 amide bonds. The van der Waals surface area contributed by atoms with E-state index in [4.69, 9.17) is 21.4 Å². The molecule has 0 bridgehead atoms. The summed E-state index contributed by atoms with van der Waals surface area (Å²) >= 11 is 5.83. The fourth-order valence-electron chi connectivity index (χ4n) is 2.65. The second-order valence-corrected chi connectivity index (χ2v) is 8.89. The molecular weight excluding hydrogens is 446 g/mol. The molecule has 1 aromatic heterocycles. The van der Waals surface area contributed by atoms with Crippen molar-refractivity contribution in [3.8, 4) is 5.75 Å². The van der Waals surface area contributed by atoms with Gasteiger partial charge in [0.25, 0.3) is 5.91 Å². The third-order valence-electron chi connectivity index (χ3n) is 4.40. The number of hydrogen-bond donors (Lipinski definition) is 2. The summed E-state index contributed by atoms with van der Waals surface area (Å²) in [6, 6.07) is 10.2. The molecule has 3 rings (SSSR count). The average Bonchev–Trinajstić information content (AvgIpc) is 3.23. The average molecular weight is 464 g/mol. The maximum Gasteiger partial charge on any atom is 0.328 e. The van der Waals surface area contributed by atoms with E-state index in [1.807, 2.05) is 0 Å². The Labute approximate surface area is 183 Å². The van der Waals surface area contributed by atoms with Gasteiger partial charge in [0.2, 0.25) is 9.84 Å². The number of methoxy groups -OCH3 is 1. The number of halogens is 1. The number of carbonyl (C=O) groups excluding carboxylic acids is 1. The Morgan fingerprint density at radius 2 is 1.81 bits per heavy atom. The van der Waals surface area contributed by atoms with E-state index >= 15 is 0 Å². The highest BCUT2D eigenvalue weighted by Crippen LogP contribution is 2.29. The second kappa shape index (κ2) is 8.78. The summed E-state index contributed by atoms with van der Waals surface area (Å²) in [5.41, 5.74) is 0.135. The number of aromatic nitrogens is 2. The summed E-state index contributed by atoms with van der Waals surface area (Å²) in [6.07, 6.45) is 1.37. The monoisotopic (exact) mass is 463 g/mol. The molecule has 1 heterocycles. The van der Waals surface area contributed by atoms with Gasteiger partial charge in [-0.2, -0.15) is 5.10 Å². The van der Waals surface area contributed by atoms with Gasteiger partial charge in [-0.3, -0.25) is 9.48 Å². The standard InChI is InChI=1S/C20H18ClN3O6S/c1-12(20(26)27)24-8-7-18(23-24)19(25)22-14-9-15(30-2)11-17(10-14)31(28,29)16-5-3-13(21)4-6-16/h3-12H,1-2H3,(H,22,25)(H,26,27). The van der Waals surface area contributed by atoms with Crippen LogP contribution in [0.4, 0.5) is 5.69 Å². The molecule has 1 unspecified atom stereocenters. The van der Waals surface area contributed by atoms with Crippen LogP contribution in [0.1, 0.15) is 23.5 Å². The predicted octanol–water partition coefficient (Wildman–Crippen LogP) is 3.28. The van der Waals surface area contributed by atoms with E-state index in [2.05, 4.69) is 10.4 Å². The first kappa shape index (κ1) is 22.3. The number of sulfone groups is 1. The number of nitrogens with zero attached hydrogens (tertiary/aromatic N) is 2. The number of hydrogen-bond acceptors (Lipinski definition) is 6. The van der Waals surface area contributed by atoms with Gasteiger partial charge < -0.3 is 15.2 Å². The summed E-state index contributed by atoms with van der Waals surface area (Å²) in [6.45, 7) is 1.42. The van der Waals surface area contributed by atoms with Crippen LogP contribution >= 0.6 is 11.6 Å². The molecule has 0 radical (unpaired) electrons. The lowest BCUT2D eigenvalue weighted by Crippen LogP contribution is -2.18. The maximum atomic E-state index is 13.0. The van der Waals surface area contributed by atoms with Crippen LogP contribution in [0.2, 0.25) is 5.02 Å². The first-order valence-corrected chi connectivity index (χ1v) is 10.8. The molecule has 0 aliphatic rings. The van der Waals surface area contributed by atoms with E-state index in [0.717, 1.165) is 4.68 Å². The third-order valence-corrected chi connectivity index (χ3v) is 6.40. The van der Waals surface area contributed by atoms with Gasteiger partial charge >= 0.3 is 5.97 Å². The largest absolute Gasteiger partial charge is 0.497 e. The van der Waals surface area contributed by atoms with Crippen molar-refractivity contribution in [1.82, 2.24) is 9.78 Å². The summed E-state index contributed by atoms with van der Waals surface area (Å²) < 4.78 is 32.3. The van der Waals surface area contributed by atoms with Gasteiger partial charge in [0.15, 0.2) is 5.69 Å². The highest BCUT2D eigenvalue weighted by atomic mass is 35.5. The van der Waals surface area contributed by atoms with Gasteiger partial charge in [-0.1, -0.05) is 11.6 Å². The van der Waals surface area contributed by atoms with Crippen LogP contribution in [-0.2, 0) is 14.6 Å². The Bertz CT molecular complexity index is 1240. The van der Waals surface area contributed by atoms with Crippen molar-refractivity contribution in [2.75, 3.05) is 12.4 Å². The molecule has 0 saturated heterocycles. The SMILES string of the molecule is COc1cc(NC(=O)c2ccn(C(C)C(=O)O)n2)cc(S(=O)(=O)c2ccc(Cl)cc2)c1. The number of aliphatic carboxylic acids is 1. The molecule has 0 aliphatic carbocycles. The molecule has 0 spiro atoms. The van der Waals surface area contributed by atoms with Gasteiger partial charge in [0.1, 0.15) is 11.8 Å². The molecule has 9 nitrogen and oxygen atoms in total. The van der Waals surface area contributed by atoms with Gasteiger partial charge in [0, 0.05) is 23.0 Å². The van der Waals surface area contributed by atoms with E-state index in [9.17, 15) is 18.0 Å². The molecule has 1 atom stereocenters. The molecule has 0 aliphatic heterocycles. The molecule has 3 aromatic rings. The number of carboxylic acids is 1. The van der Waals surface area contributed by atoms with E-state index < -0.39 is 27.8 Å².